The molecule has 0 radical (unpaired) electrons. The molecule has 1 aromatic heterocycles. The third-order valence-corrected chi connectivity index (χ3v) is 4.65. The van der Waals surface area contributed by atoms with Crippen molar-refractivity contribution in [2.45, 2.75) is 45.6 Å². The second kappa shape index (κ2) is 7.51. The van der Waals surface area contributed by atoms with Crippen LogP contribution in [0.1, 0.15) is 36.2 Å². The number of rotatable bonds is 4. The molecule has 132 valence electrons. The monoisotopic (exact) mass is 340 g/mol. The van der Waals surface area contributed by atoms with E-state index in [1.54, 1.807) is 0 Å². The van der Waals surface area contributed by atoms with Crippen molar-refractivity contribution in [3.05, 3.63) is 47.3 Å². The highest BCUT2D eigenvalue weighted by Crippen LogP contribution is 2.18. The summed E-state index contributed by atoms with van der Waals surface area (Å²) in [5.74, 6) is -0.222. The lowest BCUT2D eigenvalue weighted by atomic mass is 10.1. The first-order valence-corrected chi connectivity index (χ1v) is 8.74. The van der Waals surface area contributed by atoms with Gasteiger partial charge in [-0.05, 0) is 45.2 Å². The molecule has 0 aliphatic carbocycles. The van der Waals surface area contributed by atoms with Crippen molar-refractivity contribution < 1.29 is 9.59 Å². The molecule has 25 heavy (non-hydrogen) atoms. The van der Waals surface area contributed by atoms with Crippen molar-refractivity contribution >= 4 is 11.8 Å². The van der Waals surface area contributed by atoms with Crippen LogP contribution in [0, 0.1) is 13.8 Å². The van der Waals surface area contributed by atoms with Crippen LogP contribution in [0.4, 0.5) is 0 Å². The van der Waals surface area contributed by atoms with E-state index >= 15 is 0 Å². The second-order valence-electron chi connectivity index (χ2n) is 6.48. The van der Waals surface area contributed by atoms with Gasteiger partial charge in [0.2, 0.25) is 11.8 Å². The van der Waals surface area contributed by atoms with E-state index in [1.807, 2.05) is 48.9 Å². The standard InChI is InChI=1S/C19H24N4O2/c1-13-16(14(2)23(22-13)15-8-4-3-5-9-15)12-18(24)21-17-10-6-7-11-20-19(17)25/h3-5,8-9,17H,6-7,10-12H2,1-2H3,(H,20,25)(H,21,24). The molecule has 2 heterocycles. The van der Waals surface area contributed by atoms with Crippen LogP contribution in [0.2, 0.25) is 0 Å². The maximum absolute atomic E-state index is 12.5. The molecule has 1 aromatic carbocycles. The Morgan fingerprint density at radius 2 is 2.04 bits per heavy atom. The molecule has 0 spiro atoms. The summed E-state index contributed by atoms with van der Waals surface area (Å²) < 4.78 is 1.86. The van der Waals surface area contributed by atoms with E-state index in [-0.39, 0.29) is 18.2 Å². The molecule has 1 aliphatic rings. The van der Waals surface area contributed by atoms with Crippen LogP contribution in [0.15, 0.2) is 30.3 Å². The SMILES string of the molecule is Cc1nn(-c2ccccc2)c(C)c1CC(=O)NC1CCCCNC1=O. The molecule has 1 atom stereocenters. The molecule has 1 aliphatic heterocycles. The Bertz CT molecular complexity index is 767. The van der Waals surface area contributed by atoms with Crippen LogP contribution >= 0.6 is 0 Å². The number of amides is 2. The molecule has 0 bridgehead atoms. The molecule has 2 N–H and O–H groups in total. The highest BCUT2D eigenvalue weighted by Gasteiger charge is 2.23. The molecule has 6 nitrogen and oxygen atoms in total. The van der Waals surface area contributed by atoms with E-state index in [0.29, 0.717) is 13.0 Å². The molecule has 2 amide bonds. The van der Waals surface area contributed by atoms with E-state index < -0.39 is 6.04 Å². The van der Waals surface area contributed by atoms with Gasteiger partial charge in [-0.1, -0.05) is 18.2 Å². The van der Waals surface area contributed by atoms with Crippen LogP contribution in [-0.2, 0) is 16.0 Å². The average molecular weight is 340 g/mol. The van der Waals surface area contributed by atoms with Crippen molar-refractivity contribution in [1.29, 1.82) is 0 Å². The summed E-state index contributed by atoms with van der Waals surface area (Å²) in [4.78, 5) is 24.4. The minimum Gasteiger partial charge on any atom is -0.354 e. The molecule has 6 heteroatoms. The summed E-state index contributed by atoms with van der Waals surface area (Å²) in [6.07, 6.45) is 2.82. The van der Waals surface area contributed by atoms with Crippen LogP contribution < -0.4 is 10.6 Å². The first kappa shape index (κ1) is 17.2. The minimum atomic E-state index is -0.431. The predicted octanol–water partition coefficient (Wildman–Crippen LogP) is 1.82. The molecule has 0 saturated carbocycles. The molecular formula is C19H24N4O2. The molecule has 1 unspecified atom stereocenters. The summed E-state index contributed by atoms with van der Waals surface area (Å²) in [6, 6.07) is 9.42. The number of benzene rings is 1. The van der Waals surface area contributed by atoms with E-state index in [1.165, 1.54) is 0 Å². The number of aromatic nitrogens is 2. The highest BCUT2D eigenvalue weighted by molar-refractivity contribution is 5.88. The fourth-order valence-electron chi connectivity index (χ4n) is 3.23. The number of aryl methyl sites for hydroxylation is 1. The lowest BCUT2D eigenvalue weighted by Gasteiger charge is -2.15. The third kappa shape index (κ3) is 3.90. The van der Waals surface area contributed by atoms with Crippen molar-refractivity contribution in [3.8, 4) is 5.69 Å². The summed E-state index contributed by atoms with van der Waals surface area (Å²) >= 11 is 0. The lowest BCUT2D eigenvalue weighted by Crippen LogP contribution is -2.46. The van der Waals surface area contributed by atoms with Crippen molar-refractivity contribution in [2.75, 3.05) is 6.54 Å². The Labute approximate surface area is 147 Å². The topological polar surface area (TPSA) is 76.0 Å². The third-order valence-electron chi connectivity index (χ3n) is 4.65. The average Bonchev–Trinajstić information content (AvgIpc) is 2.76. The molecule has 2 aromatic rings. The highest BCUT2D eigenvalue weighted by atomic mass is 16.2. The second-order valence-corrected chi connectivity index (χ2v) is 6.48. The van der Waals surface area contributed by atoms with E-state index in [0.717, 1.165) is 35.5 Å². The Balaban J connectivity index is 1.73. The van der Waals surface area contributed by atoms with Crippen molar-refractivity contribution in [1.82, 2.24) is 20.4 Å². The molecular weight excluding hydrogens is 316 g/mol. The van der Waals surface area contributed by atoms with E-state index in [2.05, 4.69) is 15.7 Å². The van der Waals surface area contributed by atoms with Gasteiger partial charge in [0.25, 0.3) is 0 Å². The Hall–Kier alpha value is -2.63. The van der Waals surface area contributed by atoms with Gasteiger partial charge in [-0.2, -0.15) is 5.10 Å². The number of para-hydroxylation sites is 1. The Morgan fingerprint density at radius 3 is 2.80 bits per heavy atom. The zero-order valence-corrected chi connectivity index (χ0v) is 14.7. The smallest absolute Gasteiger partial charge is 0.242 e. The van der Waals surface area contributed by atoms with Gasteiger partial charge in [0.15, 0.2) is 0 Å². The van der Waals surface area contributed by atoms with Gasteiger partial charge in [-0.15, -0.1) is 0 Å². The summed E-state index contributed by atoms with van der Waals surface area (Å²) in [6.45, 7) is 4.56. The summed E-state index contributed by atoms with van der Waals surface area (Å²) in [7, 11) is 0. The quantitative estimate of drug-likeness (QED) is 0.891. The van der Waals surface area contributed by atoms with Crippen molar-refractivity contribution in [2.24, 2.45) is 0 Å². The van der Waals surface area contributed by atoms with Gasteiger partial charge < -0.3 is 10.6 Å². The van der Waals surface area contributed by atoms with Crippen LogP contribution in [-0.4, -0.2) is 34.2 Å². The zero-order chi connectivity index (χ0) is 17.8. The first-order valence-electron chi connectivity index (χ1n) is 8.74. The zero-order valence-electron chi connectivity index (χ0n) is 14.7. The first-order chi connectivity index (χ1) is 12.1. The number of hydrogen-bond donors (Lipinski definition) is 2. The molecule has 1 fully saturated rings. The number of nitrogens with one attached hydrogen (secondary N) is 2. The van der Waals surface area contributed by atoms with E-state index in [9.17, 15) is 9.59 Å². The van der Waals surface area contributed by atoms with E-state index in [4.69, 9.17) is 0 Å². The van der Waals surface area contributed by atoms with Crippen LogP contribution in [0.3, 0.4) is 0 Å². The lowest BCUT2D eigenvalue weighted by molar-refractivity contribution is -0.128. The number of nitrogens with zero attached hydrogens (tertiary/aromatic N) is 2. The van der Waals surface area contributed by atoms with Gasteiger partial charge in [-0.25, -0.2) is 4.68 Å². The van der Waals surface area contributed by atoms with Gasteiger partial charge >= 0.3 is 0 Å². The number of carbonyl (C=O) groups is 2. The Morgan fingerprint density at radius 1 is 1.28 bits per heavy atom. The van der Waals surface area contributed by atoms with Gasteiger partial charge in [-0.3, -0.25) is 9.59 Å². The van der Waals surface area contributed by atoms with Crippen LogP contribution in [0.5, 0.6) is 0 Å². The molecule has 3 rings (SSSR count). The molecule has 1 saturated heterocycles. The van der Waals surface area contributed by atoms with Crippen molar-refractivity contribution in [3.63, 3.8) is 0 Å². The van der Waals surface area contributed by atoms with Gasteiger partial charge in [0.1, 0.15) is 6.04 Å². The maximum atomic E-state index is 12.5. The van der Waals surface area contributed by atoms with Gasteiger partial charge in [0, 0.05) is 17.8 Å². The fraction of sp³-hybridized carbons (Fsp3) is 0.421. The van der Waals surface area contributed by atoms with Crippen LogP contribution in [0.25, 0.3) is 5.69 Å². The minimum absolute atomic E-state index is 0.0840. The normalized spacial score (nSPS) is 17.7. The number of hydrogen-bond acceptors (Lipinski definition) is 3. The fourth-order valence-corrected chi connectivity index (χ4v) is 3.23. The Kier molecular flexibility index (Phi) is 5.16. The van der Waals surface area contributed by atoms with Gasteiger partial charge in [0.05, 0.1) is 17.8 Å². The maximum Gasteiger partial charge on any atom is 0.242 e. The summed E-state index contributed by atoms with van der Waals surface area (Å²) in [5, 5.41) is 10.3. The summed E-state index contributed by atoms with van der Waals surface area (Å²) in [5.41, 5.74) is 3.67. The number of carbonyl (C=O) groups excluding carboxylic acids is 2. The largest absolute Gasteiger partial charge is 0.354 e. The predicted molar refractivity (Wildman–Crippen MR) is 95.5 cm³/mol.